The predicted octanol–water partition coefficient (Wildman–Crippen LogP) is 3.29. The number of Topliss-reactive ketones (excluding diaryl/α,β-unsaturated/α-hetero) is 1. The molecule has 1 rings (SSSR count). The largest absolute Gasteiger partial charge is 0.293 e. The number of carbonyl (C=O) groups excluding carboxylic acids is 1. The first-order chi connectivity index (χ1) is 7.13. The van der Waals surface area contributed by atoms with Crippen LogP contribution in [0.1, 0.15) is 23.7 Å². The van der Waals surface area contributed by atoms with Crippen LogP contribution in [0.3, 0.4) is 0 Å². The molecule has 1 aromatic carbocycles. The van der Waals surface area contributed by atoms with E-state index in [4.69, 9.17) is 0 Å². The standard InChI is InChI=1S/C11H12F2OS/c1-2-3-15-7-11(14)8-4-9(12)6-10(13)5-8/h4-6H,2-3,7H2,1H3. The maximum absolute atomic E-state index is 12.8. The van der Waals surface area contributed by atoms with E-state index in [0.29, 0.717) is 0 Å². The lowest BCUT2D eigenvalue weighted by Gasteiger charge is -2.01. The van der Waals surface area contributed by atoms with Crippen molar-refractivity contribution in [1.82, 2.24) is 0 Å². The number of rotatable bonds is 5. The van der Waals surface area contributed by atoms with E-state index in [9.17, 15) is 13.6 Å². The Hall–Kier alpha value is -0.900. The van der Waals surface area contributed by atoms with Gasteiger partial charge in [-0.25, -0.2) is 8.78 Å². The molecule has 1 nitrogen and oxygen atoms in total. The van der Waals surface area contributed by atoms with Gasteiger partial charge in [0.2, 0.25) is 0 Å². The zero-order valence-corrected chi connectivity index (χ0v) is 9.24. The van der Waals surface area contributed by atoms with Crippen LogP contribution in [0, 0.1) is 11.6 Å². The molecule has 0 saturated heterocycles. The maximum atomic E-state index is 12.8. The Morgan fingerprint density at radius 3 is 2.40 bits per heavy atom. The number of hydrogen-bond donors (Lipinski definition) is 0. The molecule has 0 spiro atoms. The van der Waals surface area contributed by atoms with Crippen molar-refractivity contribution < 1.29 is 13.6 Å². The van der Waals surface area contributed by atoms with E-state index in [2.05, 4.69) is 0 Å². The van der Waals surface area contributed by atoms with Crippen molar-refractivity contribution >= 4 is 17.5 Å². The molecule has 0 aliphatic carbocycles. The Balaban J connectivity index is 2.65. The molecule has 0 aliphatic rings. The summed E-state index contributed by atoms with van der Waals surface area (Å²) in [4.78, 5) is 11.5. The molecule has 0 fully saturated rings. The Morgan fingerprint density at radius 2 is 1.87 bits per heavy atom. The van der Waals surface area contributed by atoms with Gasteiger partial charge < -0.3 is 0 Å². The van der Waals surface area contributed by atoms with Gasteiger partial charge in [-0.05, 0) is 24.3 Å². The van der Waals surface area contributed by atoms with E-state index < -0.39 is 11.6 Å². The first kappa shape index (κ1) is 12.2. The summed E-state index contributed by atoms with van der Waals surface area (Å²) in [6.45, 7) is 2.01. The SMILES string of the molecule is CCCSCC(=O)c1cc(F)cc(F)c1. The maximum Gasteiger partial charge on any atom is 0.172 e. The molecule has 4 heteroatoms. The molecule has 0 aromatic heterocycles. The Labute approximate surface area is 91.9 Å². The van der Waals surface area contributed by atoms with Crippen molar-refractivity contribution in [2.75, 3.05) is 11.5 Å². The highest BCUT2D eigenvalue weighted by atomic mass is 32.2. The fraction of sp³-hybridized carbons (Fsp3) is 0.364. The van der Waals surface area contributed by atoms with Crippen molar-refractivity contribution in [2.24, 2.45) is 0 Å². The molecular weight excluding hydrogens is 218 g/mol. The number of halogens is 2. The van der Waals surface area contributed by atoms with Crippen molar-refractivity contribution in [1.29, 1.82) is 0 Å². The molecule has 0 aliphatic heterocycles. The first-order valence-corrected chi connectivity index (χ1v) is 5.86. The van der Waals surface area contributed by atoms with Crippen LogP contribution < -0.4 is 0 Å². The van der Waals surface area contributed by atoms with E-state index in [1.807, 2.05) is 6.92 Å². The molecule has 0 unspecified atom stereocenters. The molecule has 0 atom stereocenters. The normalized spacial score (nSPS) is 10.3. The van der Waals surface area contributed by atoms with Gasteiger partial charge in [0.05, 0.1) is 5.75 Å². The first-order valence-electron chi connectivity index (χ1n) is 4.70. The predicted molar refractivity (Wildman–Crippen MR) is 58.3 cm³/mol. The lowest BCUT2D eigenvalue weighted by Crippen LogP contribution is -2.04. The van der Waals surface area contributed by atoms with E-state index in [0.717, 1.165) is 30.4 Å². The third kappa shape index (κ3) is 4.00. The monoisotopic (exact) mass is 230 g/mol. The fourth-order valence-corrected chi connectivity index (χ4v) is 1.89. The van der Waals surface area contributed by atoms with Crippen LogP contribution in [-0.4, -0.2) is 17.3 Å². The molecule has 15 heavy (non-hydrogen) atoms. The molecule has 0 heterocycles. The minimum atomic E-state index is -0.709. The molecule has 0 amide bonds. The van der Waals surface area contributed by atoms with Crippen LogP contribution in [0.2, 0.25) is 0 Å². The quantitative estimate of drug-likeness (QED) is 0.570. The smallest absolute Gasteiger partial charge is 0.172 e. The van der Waals surface area contributed by atoms with Crippen LogP contribution >= 0.6 is 11.8 Å². The van der Waals surface area contributed by atoms with E-state index in [-0.39, 0.29) is 17.1 Å². The lowest BCUT2D eigenvalue weighted by atomic mass is 10.1. The summed E-state index contributed by atoms with van der Waals surface area (Å²) in [6.07, 6.45) is 0.982. The van der Waals surface area contributed by atoms with Gasteiger partial charge in [0.25, 0.3) is 0 Å². The minimum Gasteiger partial charge on any atom is -0.293 e. The van der Waals surface area contributed by atoms with Gasteiger partial charge in [0.15, 0.2) is 5.78 Å². The van der Waals surface area contributed by atoms with Gasteiger partial charge in [0.1, 0.15) is 11.6 Å². The van der Waals surface area contributed by atoms with Crippen molar-refractivity contribution in [2.45, 2.75) is 13.3 Å². The van der Waals surface area contributed by atoms with Gasteiger partial charge in [0, 0.05) is 11.6 Å². The molecule has 0 N–H and O–H groups in total. The Morgan fingerprint density at radius 1 is 1.27 bits per heavy atom. The summed E-state index contributed by atoms with van der Waals surface area (Å²) < 4.78 is 25.6. The summed E-state index contributed by atoms with van der Waals surface area (Å²) >= 11 is 1.47. The number of thioether (sulfide) groups is 1. The molecule has 0 radical (unpaired) electrons. The molecule has 0 bridgehead atoms. The Bertz CT molecular complexity index is 332. The second-order valence-corrected chi connectivity index (χ2v) is 4.24. The van der Waals surface area contributed by atoms with Gasteiger partial charge in [-0.15, -0.1) is 0 Å². The highest BCUT2D eigenvalue weighted by Crippen LogP contribution is 2.12. The van der Waals surface area contributed by atoms with Gasteiger partial charge in [-0.2, -0.15) is 11.8 Å². The minimum absolute atomic E-state index is 0.108. The van der Waals surface area contributed by atoms with E-state index in [1.165, 1.54) is 11.8 Å². The summed E-state index contributed by atoms with van der Waals surface area (Å²) in [6, 6.07) is 2.89. The summed E-state index contributed by atoms with van der Waals surface area (Å²) in [7, 11) is 0. The fourth-order valence-electron chi connectivity index (χ4n) is 1.11. The Kier molecular flexibility index (Phi) is 4.75. The molecule has 0 saturated carbocycles. The highest BCUT2D eigenvalue weighted by molar-refractivity contribution is 7.99. The lowest BCUT2D eigenvalue weighted by molar-refractivity contribution is 0.102. The van der Waals surface area contributed by atoms with Gasteiger partial charge in [-0.1, -0.05) is 6.92 Å². The number of carbonyl (C=O) groups is 1. The summed E-state index contributed by atoms with van der Waals surface area (Å²) in [5.41, 5.74) is 0.108. The zero-order chi connectivity index (χ0) is 11.3. The van der Waals surface area contributed by atoms with Gasteiger partial charge in [-0.3, -0.25) is 4.79 Å². The molecule has 82 valence electrons. The zero-order valence-electron chi connectivity index (χ0n) is 8.43. The number of hydrogen-bond acceptors (Lipinski definition) is 2. The average Bonchev–Trinajstić information content (AvgIpc) is 2.16. The average molecular weight is 230 g/mol. The number of ketones is 1. The molecular formula is C11H12F2OS. The summed E-state index contributed by atoms with van der Waals surface area (Å²) in [5, 5.41) is 0. The van der Waals surface area contributed by atoms with Crippen molar-refractivity contribution in [3.05, 3.63) is 35.4 Å². The van der Waals surface area contributed by atoms with Crippen LogP contribution in [0.25, 0.3) is 0 Å². The number of benzene rings is 1. The summed E-state index contributed by atoms with van der Waals surface area (Å²) in [5.74, 6) is -0.496. The third-order valence-electron chi connectivity index (χ3n) is 1.77. The van der Waals surface area contributed by atoms with E-state index in [1.54, 1.807) is 0 Å². The van der Waals surface area contributed by atoms with Crippen LogP contribution in [0.4, 0.5) is 8.78 Å². The van der Waals surface area contributed by atoms with Crippen LogP contribution in [-0.2, 0) is 0 Å². The van der Waals surface area contributed by atoms with Crippen molar-refractivity contribution in [3.63, 3.8) is 0 Å². The van der Waals surface area contributed by atoms with Crippen molar-refractivity contribution in [3.8, 4) is 0 Å². The van der Waals surface area contributed by atoms with E-state index >= 15 is 0 Å². The van der Waals surface area contributed by atoms with Crippen LogP contribution in [0.5, 0.6) is 0 Å². The van der Waals surface area contributed by atoms with Gasteiger partial charge >= 0.3 is 0 Å². The second-order valence-electron chi connectivity index (χ2n) is 3.13. The third-order valence-corrected chi connectivity index (χ3v) is 2.93. The second kappa shape index (κ2) is 5.85. The van der Waals surface area contributed by atoms with Crippen LogP contribution in [0.15, 0.2) is 18.2 Å². The topological polar surface area (TPSA) is 17.1 Å². The molecule has 1 aromatic rings. The highest BCUT2D eigenvalue weighted by Gasteiger charge is 2.08.